The first-order valence-electron chi connectivity index (χ1n) is 6.19. The molecule has 1 heterocycles. The van der Waals surface area contributed by atoms with Gasteiger partial charge >= 0.3 is 5.69 Å². The second-order valence-electron chi connectivity index (χ2n) is 4.67. The van der Waals surface area contributed by atoms with Crippen molar-refractivity contribution < 1.29 is 10.0 Å². The molecule has 0 amide bonds. The van der Waals surface area contributed by atoms with Crippen LogP contribution in [-0.4, -0.2) is 34.2 Å². The van der Waals surface area contributed by atoms with Crippen molar-refractivity contribution in [3.05, 3.63) is 22.2 Å². The highest BCUT2D eigenvalue weighted by Crippen LogP contribution is 2.24. The minimum Gasteiger partial charge on any atom is -0.388 e. The molecule has 1 rings (SSSR count). The fourth-order valence-electron chi connectivity index (χ4n) is 1.77. The van der Waals surface area contributed by atoms with Crippen LogP contribution >= 0.6 is 0 Å². The number of nitro groups is 1. The van der Waals surface area contributed by atoms with Crippen molar-refractivity contribution in [1.29, 1.82) is 0 Å². The highest BCUT2D eigenvalue weighted by Gasteiger charge is 2.22. The quantitative estimate of drug-likeness (QED) is 0.516. The van der Waals surface area contributed by atoms with E-state index in [4.69, 9.17) is 0 Å². The first-order chi connectivity index (χ1) is 8.89. The molecule has 106 valence electrons. The van der Waals surface area contributed by atoms with Gasteiger partial charge in [-0.05, 0) is 19.4 Å². The van der Waals surface area contributed by atoms with Crippen LogP contribution in [0.5, 0.6) is 0 Å². The number of nitrogens with one attached hydrogen (secondary N) is 2. The van der Waals surface area contributed by atoms with Crippen LogP contribution in [0.2, 0.25) is 0 Å². The molecule has 1 unspecified atom stereocenters. The van der Waals surface area contributed by atoms with Crippen molar-refractivity contribution in [2.75, 3.05) is 24.2 Å². The first-order valence-corrected chi connectivity index (χ1v) is 6.19. The van der Waals surface area contributed by atoms with Gasteiger partial charge in [-0.25, -0.2) is 4.98 Å². The lowest BCUT2D eigenvalue weighted by molar-refractivity contribution is -0.384. The Labute approximate surface area is 112 Å². The lowest BCUT2D eigenvalue weighted by Crippen LogP contribution is -2.33. The molecule has 0 aromatic carbocycles. The van der Waals surface area contributed by atoms with E-state index in [1.807, 2.05) is 6.92 Å². The van der Waals surface area contributed by atoms with Crippen LogP contribution in [-0.2, 0) is 0 Å². The van der Waals surface area contributed by atoms with Crippen molar-refractivity contribution in [1.82, 2.24) is 4.98 Å². The first kappa shape index (κ1) is 15.2. The van der Waals surface area contributed by atoms with Gasteiger partial charge in [0.1, 0.15) is 5.82 Å². The van der Waals surface area contributed by atoms with Crippen LogP contribution in [0.1, 0.15) is 26.7 Å². The summed E-state index contributed by atoms with van der Waals surface area (Å²) in [6, 6.07) is 2.92. The summed E-state index contributed by atoms with van der Waals surface area (Å²) < 4.78 is 0. The van der Waals surface area contributed by atoms with Crippen molar-refractivity contribution in [2.24, 2.45) is 0 Å². The van der Waals surface area contributed by atoms with Gasteiger partial charge in [0, 0.05) is 19.7 Å². The Morgan fingerprint density at radius 1 is 1.53 bits per heavy atom. The fourth-order valence-corrected chi connectivity index (χ4v) is 1.77. The van der Waals surface area contributed by atoms with Crippen molar-refractivity contribution in [3.63, 3.8) is 0 Å². The number of rotatable bonds is 7. The standard InChI is InChI=1S/C12H20N4O3/c1-4-7-12(2,17)8-14-11-9(16(18)19)5-6-10(13-3)15-11/h5-6,17H,4,7-8H2,1-3H3,(H2,13,14,15). The van der Waals surface area contributed by atoms with E-state index in [-0.39, 0.29) is 18.1 Å². The average molecular weight is 268 g/mol. The van der Waals surface area contributed by atoms with E-state index in [0.29, 0.717) is 12.2 Å². The molecule has 1 aromatic rings. The third kappa shape index (κ3) is 4.36. The van der Waals surface area contributed by atoms with E-state index in [9.17, 15) is 15.2 Å². The van der Waals surface area contributed by atoms with Gasteiger partial charge < -0.3 is 15.7 Å². The average Bonchev–Trinajstić information content (AvgIpc) is 2.35. The summed E-state index contributed by atoms with van der Waals surface area (Å²) in [5, 5.41) is 26.6. The zero-order valence-corrected chi connectivity index (χ0v) is 11.4. The number of hydrogen-bond donors (Lipinski definition) is 3. The zero-order valence-electron chi connectivity index (χ0n) is 11.4. The molecular formula is C12H20N4O3. The Hall–Kier alpha value is -1.89. The molecule has 0 radical (unpaired) electrons. The van der Waals surface area contributed by atoms with Gasteiger partial charge in [-0.3, -0.25) is 10.1 Å². The molecular weight excluding hydrogens is 248 g/mol. The molecule has 1 aromatic heterocycles. The highest BCUT2D eigenvalue weighted by molar-refractivity contribution is 5.60. The number of nitrogens with zero attached hydrogens (tertiary/aromatic N) is 2. The summed E-state index contributed by atoms with van der Waals surface area (Å²) in [6.07, 6.45) is 1.44. The van der Waals surface area contributed by atoms with E-state index in [1.54, 1.807) is 14.0 Å². The minimum atomic E-state index is -0.917. The SMILES string of the molecule is CCCC(C)(O)CNc1nc(NC)ccc1[N+](=O)[O-]. The number of hydrogen-bond acceptors (Lipinski definition) is 6. The molecule has 0 saturated carbocycles. The monoisotopic (exact) mass is 268 g/mol. The Morgan fingerprint density at radius 2 is 2.21 bits per heavy atom. The van der Waals surface area contributed by atoms with Gasteiger partial charge in [-0.15, -0.1) is 0 Å². The predicted octanol–water partition coefficient (Wildman–Crippen LogP) is 1.99. The van der Waals surface area contributed by atoms with Crippen LogP contribution in [0.3, 0.4) is 0 Å². The maximum absolute atomic E-state index is 10.9. The Kier molecular flexibility index (Phi) is 5.05. The molecule has 1 atom stereocenters. The summed E-state index contributed by atoms with van der Waals surface area (Å²) in [6.45, 7) is 3.87. The summed E-state index contributed by atoms with van der Waals surface area (Å²) in [5.74, 6) is 0.691. The summed E-state index contributed by atoms with van der Waals surface area (Å²) in [5.41, 5.74) is -1.02. The van der Waals surface area contributed by atoms with E-state index >= 15 is 0 Å². The van der Waals surface area contributed by atoms with E-state index in [2.05, 4.69) is 15.6 Å². The van der Waals surface area contributed by atoms with Gasteiger partial charge in [0.25, 0.3) is 0 Å². The number of aromatic nitrogens is 1. The fraction of sp³-hybridized carbons (Fsp3) is 0.583. The molecule has 7 nitrogen and oxygen atoms in total. The van der Waals surface area contributed by atoms with Crippen LogP contribution in [0.15, 0.2) is 12.1 Å². The minimum absolute atomic E-state index is 0.105. The molecule has 0 bridgehead atoms. The van der Waals surface area contributed by atoms with Crippen molar-refractivity contribution >= 4 is 17.3 Å². The van der Waals surface area contributed by atoms with Crippen LogP contribution in [0.25, 0.3) is 0 Å². The second kappa shape index (κ2) is 6.33. The predicted molar refractivity (Wildman–Crippen MR) is 74.5 cm³/mol. The lowest BCUT2D eigenvalue weighted by atomic mass is 10.0. The zero-order chi connectivity index (χ0) is 14.5. The smallest absolute Gasteiger partial charge is 0.311 e. The maximum Gasteiger partial charge on any atom is 0.311 e. The van der Waals surface area contributed by atoms with Crippen molar-refractivity contribution in [3.8, 4) is 0 Å². The van der Waals surface area contributed by atoms with Gasteiger partial charge in [-0.1, -0.05) is 13.3 Å². The summed E-state index contributed by atoms with van der Waals surface area (Å²) >= 11 is 0. The molecule has 0 aliphatic carbocycles. The molecule has 0 saturated heterocycles. The number of aliphatic hydroxyl groups is 1. The van der Waals surface area contributed by atoms with Gasteiger partial charge in [0.2, 0.25) is 5.82 Å². The number of anilines is 2. The Morgan fingerprint density at radius 3 is 2.74 bits per heavy atom. The third-order valence-corrected chi connectivity index (χ3v) is 2.75. The molecule has 0 aliphatic rings. The molecule has 3 N–H and O–H groups in total. The largest absolute Gasteiger partial charge is 0.388 e. The van der Waals surface area contributed by atoms with Crippen LogP contribution < -0.4 is 10.6 Å². The van der Waals surface area contributed by atoms with Gasteiger partial charge in [0.05, 0.1) is 10.5 Å². The van der Waals surface area contributed by atoms with Crippen LogP contribution in [0, 0.1) is 10.1 Å². The van der Waals surface area contributed by atoms with Gasteiger partial charge in [-0.2, -0.15) is 0 Å². The maximum atomic E-state index is 10.9. The van der Waals surface area contributed by atoms with E-state index in [1.165, 1.54) is 12.1 Å². The topological polar surface area (TPSA) is 100 Å². The van der Waals surface area contributed by atoms with E-state index < -0.39 is 10.5 Å². The summed E-state index contributed by atoms with van der Waals surface area (Å²) in [7, 11) is 1.69. The molecule has 0 fully saturated rings. The molecule has 19 heavy (non-hydrogen) atoms. The highest BCUT2D eigenvalue weighted by atomic mass is 16.6. The van der Waals surface area contributed by atoms with Crippen LogP contribution in [0.4, 0.5) is 17.3 Å². The van der Waals surface area contributed by atoms with E-state index in [0.717, 1.165) is 6.42 Å². The summed E-state index contributed by atoms with van der Waals surface area (Å²) in [4.78, 5) is 14.5. The normalized spacial score (nSPS) is 13.7. The third-order valence-electron chi connectivity index (χ3n) is 2.75. The Bertz CT molecular complexity index is 449. The Balaban J connectivity index is 2.89. The number of pyridine rings is 1. The molecule has 0 aliphatic heterocycles. The molecule has 0 spiro atoms. The molecule has 7 heteroatoms. The second-order valence-corrected chi connectivity index (χ2v) is 4.67. The van der Waals surface area contributed by atoms with Crippen molar-refractivity contribution in [2.45, 2.75) is 32.3 Å². The van der Waals surface area contributed by atoms with Gasteiger partial charge in [0.15, 0.2) is 0 Å². The lowest BCUT2D eigenvalue weighted by Gasteiger charge is -2.23.